The number of imide groups is 2. The normalized spacial score (nSPS) is 26.4. The molecule has 1 aliphatic carbocycles. The number of aliphatic imine (C=N–C) groups is 1. The number of urea groups is 1. The third kappa shape index (κ3) is 4.00. The summed E-state index contributed by atoms with van der Waals surface area (Å²) in [6.07, 6.45) is 5.12. The Hall–Kier alpha value is -2.74. The highest BCUT2D eigenvalue weighted by molar-refractivity contribution is 6.32. The number of nitrogens with zero attached hydrogens (tertiary/aromatic N) is 2. The Kier molecular flexibility index (Phi) is 5.85. The zero-order valence-electron chi connectivity index (χ0n) is 15.3. The molecule has 144 valence electrons. The molecule has 0 aromatic heterocycles. The molecule has 1 aliphatic heterocycles. The number of carbonyl (C=O) groups excluding carboxylic acids is 3. The van der Waals surface area contributed by atoms with Gasteiger partial charge in [-0.25, -0.2) is 9.69 Å². The third-order valence-electron chi connectivity index (χ3n) is 4.82. The summed E-state index contributed by atoms with van der Waals surface area (Å²) in [5.74, 6) is -2.11. The fraction of sp³-hybridized carbons (Fsp3) is 0.474. The van der Waals surface area contributed by atoms with Crippen LogP contribution >= 0.6 is 0 Å². The van der Waals surface area contributed by atoms with Crippen LogP contribution in [0.3, 0.4) is 0 Å². The van der Waals surface area contributed by atoms with Gasteiger partial charge in [0, 0.05) is 12.3 Å². The first kappa shape index (κ1) is 19.0. The largest absolute Gasteiger partial charge is 0.492 e. The number of hydrogen-bond acceptors (Lipinski definition) is 6. The molecule has 3 N–H and O–H groups in total. The van der Waals surface area contributed by atoms with E-state index in [1.165, 1.54) is 6.21 Å². The summed E-state index contributed by atoms with van der Waals surface area (Å²) in [6, 6.07) is 5.73. The predicted molar refractivity (Wildman–Crippen MR) is 101 cm³/mol. The van der Waals surface area contributed by atoms with Gasteiger partial charge in [-0.1, -0.05) is 25.0 Å². The molecule has 0 bridgehead atoms. The van der Waals surface area contributed by atoms with Gasteiger partial charge in [-0.2, -0.15) is 0 Å². The molecule has 0 unspecified atom stereocenters. The molecule has 2 aliphatic rings. The molecule has 0 radical (unpaired) electrons. The number of hydrogen-bond donors (Lipinski definition) is 2. The number of anilines is 1. The summed E-state index contributed by atoms with van der Waals surface area (Å²) < 4.78 is 5.51. The van der Waals surface area contributed by atoms with Crippen molar-refractivity contribution >= 4 is 29.7 Å². The van der Waals surface area contributed by atoms with E-state index in [4.69, 9.17) is 10.5 Å². The lowest BCUT2D eigenvalue weighted by Gasteiger charge is -2.30. The highest BCUT2D eigenvalue weighted by atomic mass is 16.5. The third-order valence-corrected chi connectivity index (χ3v) is 4.82. The Morgan fingerprint density at radius 1 is 1.26 bits per heavy atom. The van der Waals surface area contributed by atoms with Crippen molar-refractivity contribution in [2.24, 2.45) is 16.6 Å². The number of nitrogens with two attached hydrogens (primary N) is 1. The molecule has 4 amide bonds. The molecular weight excluding hydrogens is 348 g/mol. The van der Waals surface area contributed by atoms with Gasteiger partial charge in [0.25, 0.3) is 5.91 Å². The first-order valence-electron chi connectivity index (χ1n) is 9.22. The van der Waals surface area contributed by atoms with Crippen molar-refractivity contribution in [1.82, 2.24) is 5.32 Å². The fourth-order valence-corrected chi connectivity index (χ4v) is 3.39. The SMILES string of the molecule is CCOc1ccccc1N1C(=O)NC(=O)[C@@H](C=N[C@@H]2CCCC[C@@H]2N)C1=O. The number of carbonyl (C=O) groups is 3. The van der Waals surface area contributed by atoms with E-state index in [9.17, 15) is 14.4 Å². The summed E-state index contributed by atoms with van der Waals surface area (Å²) in [4.78, 5) is 42.8. The maximum absolute atomic E-state index is 12.9. The molecular formula is C19H24N4O4. The first-order valence-corrected chi connectivity index (χ1v) is 9.22. The Morgan fingerprint density at radius 3 is 2.74 bits per heavy atom. The van der Waals surface area contributed by atoms with Crippen LogP contribution in [0.4, 0.5) is 10.5 Å². The van der Waals surface area contributed by atoms with Gasteiger partial charge in [0.15, 0.2) is 5.92 Å². The number of benzene rings is 1. The van der Waals surface area contributed by atoms with E-state index in [-0.39, 0.29) is 12.1 Å². The number of para-hydroxylation sites is 2. The second-order valence-electron chi connectivity index (χ2n) is 6.66. The summed E-state index contributed by atoms with van der Waals surface area (Å²) in [6.45, 7) is 2.19. The zero-order valence-corrected chi connectivity index (χ0v) is 15.3. The fourth-order valence-electron chi connectivity index (χ4n) is 3.39. The molecule has 3 rings (SSSR count). The van der Waals surface area contributed by atoms with Crippen molar-refractivity contribution in [3.05, 3.63) is 24.3 Å². The maximum Gasteiger partial charge on any atom is 0.335 e. The van der Waals surface area contributed by atoms with Gasteiger partial charge in [0.05, 0.1) is 18.3 Å². The summed E-state index contributed by atoms with van der Waals surface area (Å²) >= 11 is 0. The van der Waals surface area contributed by atoms with E-state index in [2.05, 4.69) is 10.3 Å². The lowest BCUT2D eigenvalue weighted by atomic mass is 9.91. The molecule has 8 nitrogen and oxygen atoms in total. The molecule has 27 heavy (non-hydrogen) atoms. The van der Waals surface area contributed by atoms with Crippen molar-refractivity contribution in [3.8, 4) is 5.75 Å². The number of rotatable bonds is 5. The highest BCUT2D eigenvalue weighted by Gasteiger charge is 2.41. The smallest absolute Gasteiger partial charge is 0.335 e. The van der Waals surface area contributed by atoms with Gasteiger partial charge in [-0.15, -0.1) is 0 Å². The second-order valence-corrected chi connectivity index (χ2v) is 6.66. The number of barbiturate groups is 1. The Balaban J connectivity index is 1.86. The number of ether oxygens (including phenoxy) is 1. The van der Waals surface area contributed by atoms with Crippen LogP contribution in [0.1, 0.15) is 32.6 Å². The van der Waals surface area contributed by atoms with Crippen molar-refractivity contribution in [2.75, 3.05) is 11.5 Å². The van der Waals surface area contributed by atoms with E-state index in [1.807, 2.05) is 0 Å². The van der Waals surface area contributed by atoms with Crippen LogP contribution < -0.4 is 20.7 Å². The van der Waals surface area contributed by atoms with E-state index in [1.54, 1.807) is 31.2 Å². The van der Waals surface area contributed by atoms with Gasteiger partial charge >= 0.3 is 6.03 Å². The Labute approximate surface area is 157 Å². The van der Waals surface area contributed by atoms with E-state index in [0.717, 1.165) is 30.6 Å². The molecule has 1 saturated carbocycles. The van der Waals surface area contributed by atoms with Gasteiger partial charge in [-0.05, 0) is 31.9 Å². The van der Waals surface area contributed by atoms with Gasteiger partial charge in [0.2, 0.25) is 5.91 Å². The summed E-state index contributed by atoms with van der Waals surface area (Å²) in [7, 11) is 0. The maximum atomic E-state index is 12.9. The van der Waals surface area contributed by atoms with Crippen molar-refractivity contribution in [3.63, 3.8) is 0 Å². The molecule has 2 fully saturated rings. The molecule has 0 spiro atoms. The topological polar surface area (TPSA) is 114 Å². The highest BCUT2D eigenvalue weighted by Crippen LogP contribution is 2.30. The standard InChI is InChI=1S/C19H24N4O4/c1-2-27-16-10-6-5-9-15(16)23-18(25)12(17(24)22-19(23)26)11-21-14-8-4-3-7-13(14)20/h5-6,9-14H,2-4,7-8,20H2,1H3,(H,22,24,26)/t12-,13+,14-/m1/s1. The Morgan fingerprint density at radius 2 is 2.00 bits per heavy atom. The van der Waals surface area contributed by atoms with Crippen LogP contribution in [0.2, 0.25) is 0 Å². The van der Waals surface area contributed by atoms with E-state index < -0.39 is 23.8 Å². The van der Waals surface area contributed by atoms with Crippen molar-refractivity contribution < 1.29 is 19.1 Å². The van der Waals surface area contributed by atoms with Crippen LogP contribution in [0.15, 0.2) is 29.3 Å². The predicted octanol–water partition coefficient (Wildman–Crippen LogP) is 1.62. The lowest BCUT2D eigenvalue weighted by Crippen LogP contribution is -2.58. The van der Waals surface area contributed by atoms with Gasteiger partial charge < -0.3 is 10.5 Å². The molecule has 8 heteroatoms. The average molecular weight is 372 g/mol. The number of amides is 4. The molecule has 1 aromatic rings. The first-order chi connectivity index (χ1) is 13.0. The Bertz CT molecular complexity index is 764. The van der Waals surface area contributed by atoms with E-state index >= 15 is 0 Å². The van der Waals surface area contributed by atoms with Crippen LogP contribution in [-0.4, -0.2) is 42.8 Å². The average Bonchev–Trinajstić information content (AvgIpc) is 2.64. The molecule has 1 heterocycles. The van der Waals surface area contributed by atoms with Crippen LogP contribution in [0.25, 0.3) is 0 Å². The summed E-state index contributed by atoms with van der Waals surface area (Å²) in [5.41, 5.74) is 6.37. The quantitative estimate of drug-likeness (QED) is 0.602. The van der Waals surface area contributed by atoms with Crippen molar-refractivity contribution in [1.29, 1.82) is 0 Å². The molecule has 3 atom stereocenters. The van der Waals surface area contributed by atoms with Gasteiger partial charge in [-0.3, -0.25) is 19.9 Å². The van der Waals surface area contributed by atoms with Crippen LogP contribution in [0, 0.1) is 5.92 Å². The lowest BCUT2D eigenvalue weighted by molar-refractivity contribution is -0.131. The van der Waals surface area contributed by atoms with Gasteiger partial charge in [0.1, 0.15) is 5.75 Å². The summed E-state index contributed by atoms with van der Waals surface area (Å²) in [5, 5.41) is 2.23. The number of nitrogens with one attached hydrogen (secondary N) is 1. The van der Waals surface area contributed by atoms with Crippen molar-refractivity contribution in [2.45, 2.75) is 44.7 Å². The minimum absolute atomic E-state index is 0.0758. The van der Waals surface area contributed by atoms with Crippen LogP contribution in [0.5, 0.6) is 5.75 Å². The monoisotopic (exact) mass is 372 g/mol. The zero-order chi connectivity index (χ0) is 19.4. The minimum atomic E-state index is -1.17. The molecule has 1 aromatic carbocycles. The van der Waals surface area contributed by atoms with Crippen LogP contribution in [-0.2, 0) is 9.59 Å². The molecule has 1 saturated heterocycles. The van der Waals surface area contributed by atoms with E-state index in [0.29, 0.717) is 18.0 Å². The second kappa shape index (κ2) is 8.30. The minimum Gasteiger partial charge on any atom is -0.492 e.